The van der Waals surface area contributed by atoms with Crippen LogP contribution >= 0.6 is 0 Å². The Morgan fingerprint density at radius 3 is 2.35 bits per heavy atom. The van der Waals surface area contributed by atoms with E-state index in [0.29, 0.717) is 11.1 Å². The Balaban J connectivity index is 1.70. The highest BCUT2D eigenvalue weighted by molar-refractivity contribution is 7.89. The molecule has 1 aliphatic carbocycles. The largest absolute Gasteiger partial charge is 0.269 e. The summed E-state index contributed by atoms with van der Waals surface area (Å²) in [5.74, 6) is -1.10. The number of hydrogen-bond donors (Lipinski definition) is 1. The molecule has 26 heavy (non-hydrogen) atoms. The average Bonchev–Trinajstić information content (AvgIpc) is 2.61. The standard InChI is InChI=1S/C18H18N2O5S/c21-18(16-8-7-14-3-1-2-4-15(14)11-16)19-26(24,25)12-13-5-9-17(10-6-13)20(22)23/h5-11H,1-4,12H2,(H,19,21). The maximum Gasteiger partial charge on any atom is 0.269 e. The van der Waals surface area contributed by atoms with Crippen molar-refractivity contribution in [3.63, 3.8) is 0 Å². The number of amides is 1. The van der Waals surface area contributed by atoms with Gasteiger partial charge >= 0.3 is 0 Å². The lowest BCUT2D eigenvalue weighted by molar-refractivity contribution is -0.384. The van der Waals surface area contributed by atoms with Crippen LogP contribution in [0.15, 0.2) is 42.5 Å². The van der Waals surface area contributed by atoms with Crippen molar-refractivity contribution in [3.8, 4) is 0 Å². The second-order valence-electron chi connectivity index (χ2n) is 6.30. The Bertz CT molecular complexity index is 952. The Labute approximate surface area is 151 Å². The van der Waals surface area contributed by atoms with Gasteiger partial charge in [-0.1, -0.05) is 18.2 Å². The molecule has 2 aromatic carbocycles. The van der Waals surface area contributed by atoms with Crippen LogP contribution in [0, 0.1) is 10.1 Å². The molecule has 1 amide bonds. The van der Waals surface area contributed by atoms with E-state index in [0.717, 1.165) is 31.2 Å². The van der Waals surface area contributed by atoms with Crippen molar-refractivity contribution >= 4 is 21.6 Å². The van der Waals surface area contributed by atoms with E-state index in [9.17, 15) is 23.3 Å². The first kappa shape index (κ1) is 18.1. The van der Waals surface area contributed by atoms with E-state index < -0.39 is 26.6 Å². The van der Waals surface area contributed by atoms with Gasteiger partial charge in [0.05, 0.1) is 10.7 Å². The molecule has 3 rings (SSSR count). The predicted molar refractivity (Wildman–Crippen MR) is 96.3 cm³/mol. The molecule has 0 bridgehead atoms. The Morgan fingerprint density at radius 1 is 1.04 bits per heavy atom. The van der Waals surface area contributed by atoms with Crippen molar-refractivity contribution in [2.75, 3.05) is 0 Å². The summed E-state index contributed by atoms with van der Waals surface area (Å²) in [6.07, 6.45) is 4.07. The van der Waals surface area contributed by atoms with Crippen molar-refractivity contribution in [1.29, 1.82) is 0 Å². The smallest absolute Gasteiger partial charge is 0.268 e. The molecule has 0 aromatic heterocycles. The number of rotatable bonds is 5. The number of non-ortho nitro benzene ring substituents is 1. The highest BCUT2D eigenvalue weighted by Crippen LogP contribution is 2.22. The fraction of sp³-hybridized carbons (Fsp3) is 0.278. The van der Waals surface area contributed by atoms with Gasteiger partial charge in [-0.15, -0.1) is 0 Å². The van der Waals surface area contributed by atoms with Crippen LogP contribution in [0.1, 0.15) is 39.9 Å². The van der Waals surface area contributed by atoms with Crippen molar-refractivity contribution in [3.05, 3.63) is 74.8 Å². The van der Waals surface area contributed by atoms with Crippen LogP contribution < -0.4 is 4.72 Å². The van der Waals surface area contributed by atoms with Crippen LogP contribution in [0.2, 0.25) is 0 Å². The number of hydrogen-bond acceptors (Lipinski definition) is 5. The van der Waals surface area contributed by atoms with Gasteiger partial charge in [0.15, 0.2) is 0 Å². The molecular formula is C18H18N2O5S. The minimum absolute atomic E-state index is 0.121. The quantitative estimate of drug-likeness (QED) is 0.640. The number of nitro benzene ring substituents is 1. The van der Waals surface area contributed by atoms with Crippen LogP contribution in [0.3, 0.4) is 0 Å². The monoisotopic (exact) mass is 374 g/mol. The SMILES string of the molecule is O=C(NS(=O)(=O)Cc1ccc([N+](=O)[O-])cc1)c1ccc2c(c1)CCCC2. The summed E-state index contributed by atoms with van der Waals surface area (Å²) in [6.45, 7) is 0. The van der Waals surface area contributed by atoms with Gasteiger partial charge in [0.1, 0.15) is 0 Å². The van der Waals surface area contributed by atoms with Gasteiger partial charge in [-0.3, -0.25) is 14.9 Å². The summed E-state index contributed by atoms with van der Waals surface area (Å²) >= 11 is 0. The molecule has 0 saturated carbocycles. The second-order valence-corrected chi connectivity index (χ2v) is 8.03. The molecule has 0 spiro atoms. The number of nitro groups is 1. The number of carbonyl (C=O) groups excluding carboxylic acids is 1. The van der Waals surface area contributed by atoms with Gasteiger partial charge in [0, 0.05) is 17.7 Å². The first-order valence-electron chi connectivity index (χ1n) is 8.24. The summed E-state index contributed by atoms with van der Waals surface area (Å²) in [7, 11) is -3.91. The zero-order valence-corrected chi connectivity index (χ0v) is 14.8. The van der Waals surface area contributed by atoms with E-state index in [4.69, 9.17) is 0 Å². The Morgan fingerprint density at radius 2 is 1.69 bits per heavy atom. The van der Waals surface area contributed by atoms with Gasteiger partial charge in [-0.05, 0) is 54.5 Å². The zero-order valence-electron chi connectivity index (χ0n) is 14.0. The number of benzene rings is 2. The fourth-order valence-electron chi connectivity index (χ4n) is 3.04. The first-order valence-corrected chi connectivity index (χ1v) is 9.89. The molecule has 2 aromatic rings. The Kier molecular flexibility index (Phi) is 5.03. The van der Waals surface area contributed by atoms with Crippen molar-refractivity contribution in [2.24, 2.45) is 0 Å². The third kappa shape index (κ3) is 4.26. The fourth-order valence-corrected chi connectivity index (χ4v) is 4.15. The highest BCUT2D eigenvalue weighted by atomic mass is 32.2. The molecule has 0 atom stereocenters. The third-order valence-electron chi connectivity index (χ3n) is 4.36. The van der Waals surface area contributed by atoms with Crippen molar-refractivity contribution < 1.29 is 18.1 Å². The second kappa shape index (κ2) is 7.25. The summed E-state index contributed by atoms with van der Waals surface area (Å²) in [5.41, 5.74) is 2.86. The molecule has 0 heterocycles. The topological polar surface area (TPSA) is 106 Å². The number of sulfonamides is 1. The van der Waals surface area contributed by atoms with Crippen LogP contribution in [0.4, 0.5) is 5.69 Å². The van der Waals surface area contributed by atoms with Crippen LogP contribution in [0.5, 0.6) is 0 Å². The van der Waals surface area contributed by atoms with E-state index in [-0.39, 0.29) is 5.69 Å². The van der Waals surface area contributed by atoms with E-state index in [1.165, 1.54) is 29.8 Å². The van der Waals surface area contributed by atoms with Crippen molar-refractivity contribution in [2.45, 2.75) is 31.4 Å². The molecule has 0 aliphatic heterocycles. The van der Waals surface area contributed by atoms with E-state index in [1.54, 1.807) is 12.1 Å². The van der Waals surface area contributed by atoms with Gasteiger partial charge < -0.3 is 0 Å². The molecule has 0 unspecified atom stereocenters. The van der Waals surface area contributed by atoms with Crippen LogP contribution in [-0.2, 0) is 28.6 Å². The number of aryl methyl sites for hydroxylation is 2. The number of nitrogens with one attached hydrogen (secondary N) is 1. The molecule has 1 N–H and O–H groups in total. The molecule has 136 valence electrons. The van der Waals surface area contributed by atoms with Crippen LogP contribution in [-0.4, -0.2) is 19.2 Å². The number of nitrogens with zero attached hydrogens (tertiary/aromatic N) is 1. The summed E-state index contributed by atoms with van der Waals surface area (Å²) in [6, 6.07) is 10.5. The number of fused-ring (bicyclic) bond motifs is 1. The van der Waals surface area contributed by atoms with Gasteiger partial charge in [-0.25, -0.2) is 13.1 Å². The molecule has 0 radical (unpaired) electrons. The van der Waals surface area contributed by atoms with E-state index in [1.807, 2.05) is 6.07 Å². The first-order chi connectivity index (χ1) is 12.3. The van der Waals surface area contributed by atoms with E-state index >= 15 is 0 Å². The average molecular weight is 374 g/mol. The lowest BCUT2D eigenvalue weighted by atomic mass is 9.90. The Hall–Kier alpha value is -2.74. The summed E-state index contributed by atoms with van der Waals surface area (Å²) in [4.78, 5) is 22.4. The number of carbonyl (C=O) groups is 1. The minimum atomic E-state index is -3.91. The maximum atomic E-state index is 12.3. The lowest BCUT2D eigenvalue weighted by Gasteiger charge is -2.16. The van der Waals surface area contributed by atoms with Gasteiger partial charge in [0.2, 0.25) is 10.0 Å². The summed E-state index contributed by atoms with van der Waals surface area (Å²) < 4.78 is 26.5. The van der Waals surface area contributed by atoms with Gasteiger partial charge in [0.25, 0.3) is 11.6 Å². The van der Waals surface area contributed by atoms with Crippen molar-refractivity contribution in [1.82, 2.24) is 4.72 Å². The highest BCUT2D eigenvalue weighted by Gasteiger charge is 2.19. The molecule has 7 nitrogen and oxygen atoms in total. The maximum absolute atomic E-state index is 12.3. The predicted octanol–water partition coefficient (Wildman–Crippen LogP) is 2.73. The normalized spacial score (nSPS) is 13.7. The van der Waals surface area contributed by atoms with Crippen LogP contribution in [0.25, 0.3) is 0 Å². The van der Waals surface area contributed by atoms with E-state index in [2.05, 4.69) is 4.72 Å². The lowest BCUT2D eigenvalue weighted by Crippen LogP contribution is -2.31. The van der Waals surface area contributed by atoms with Gasteiger partial charge in [-0.2, -0.15) is 0 Å². The minimum Gasteiger partial charge on any atom is -0.268 e. The molecule has 0 fully saturated rings. The summed E-state index contributed by atoms with van der Waals surface area (Å²) in [5, 5.41) is 10.6. The molecular weight excluding hydrogens is 356 g/mol. The molecule has 1 aliphatic rings. The molecule has 8 heteroatoms. The molecule has 0 saturated heterocycles. The third-order valence-corrected chi connectivity index (χ3v) is 5.57. The zero-order chi connectivity index (χ0) is 18.7.